The first-order valence-corrected chi connectivity index (χ1v) is 7.91. The fourth-order valence-electron chi connectivity index (χ4n) is 2.93. The first-order chi connectivity index (χ1) is 11.7. The number of nitriles is 1. The average Bonchev–Trinajstić information content (AvgIpc) is 3.06. The molecule has 124 valence electrons. The second kappa shape index (κ2) is 7.23. The minimum atomic E-state index is -0.265. The van der Waals surface area contributed by atoms with E-state index < -0.39 is 0 Å². The van der Waals surface area contributed by atoms with Crippen LogP contribution in [0.25, 0.3) is 0 Å². The molecular weight excluding hydrogens is 306 g/mol. The van der Waals surface area contributed by atoms with E-state index in [9.17, 15) is 4.79 Å². The molecule has 0 bridgehead atoms. The Bertz CT molecular complexity index is 741. The number of rotatable bonds is 4. The second-order valence-corrected chi connectivity index (χ2v) is 5.84. The van der Waals surface area contributed by atoms with Crippen molar-refractivity contribution in [2.75, 3.05) is 13.2 Å². The Morgan fingerprint density at radius 3 is 2.79 bits per heavy atom. The molecule has 7 nitrogen and oxygen atoms in total. The largest absolute Gasteiger partial charge is 0.381 e. The third-order valence-corrected chi connectivity index (χ3v) is 4.29. The van der Waals surface area contributed by atoms with Gasteiger partial charge in [0.15, 0.2) is 0 Å². The molecule has 1 aliphatic rings. The number of nitrogens with one attached hydrogen (secondary N) is 1. The molecule has 1 fully saturated rings. The van der Waals surface area contributed by atoms with Gasteiger partial charge in [-0.3, -0.25) is 4.79 Å². The van der Waals surface area contributed by atoms with Crippen LogP contribution < -0.4 is 5.32 Å². The molecule has 1 aliphatic heterocycles. The van der Waals surface area contributed by atoms with Gasteiger partial charge in [0, 0.05) is 38.9 Å². The average molecular weight is 325 g/mol. The maximum atomic E-state index is 12.6. The Kier molecular flexibility index (Phi) is 4.87. The molecule has 0 radical (unpaired) electrons. The molecule has 1 atom stereocenters. The normalized spacial score (nSPS) is 16.3. The summed E-state index contributed by atoms with van der Waals surface area (Å²) < 4.78 is 7.35. The van der Waals surface area contributed by atoms with Crippen LogP contribution in [-0.4, -0.2) is 33.7 Å². The van der Waals surface area contributed by atoms with E-state index in [2.05, 4.69) is 15.3 Å². The summed E-state index contributed by atoms with van der Waals surface area (Å²) in [6, 6.07) is 4.95. The number of carbonyl (C=O) groups excluding carboxylic acids is 1. The van der Waals surface area contributed by atoms with Gasteiger partial charge in [0.05, 0.1) is 11.6 Å². The van der Waals surface area contributed by atoms with Crippen molar-refractivity contribution in [1.82, 2.24) is 19.9 Å². The van der Waals surface area contributed by atoms with Gasteiger partial charge >= 0.3 is 0 Å². The molecule has 0 spiro atoms. The molecule has 3 heterocycles. The van der Waals surface area contributed by atoms with Gasteiger partial charge in [-0.25, -0.2) is 9.97 Å². The number of amides is 1. The van der Waals surface area contributed by atoms with Crippen molar-refractivity contribution in [3.05, 3.63) is 47.8 Å². The zero-order valence-corrected chi connectivity index (χ0v) is 13.5. The van der Waals surface area contributed by atoms with Gasteiger partial charge in [-0.1, -0.05) is 0 Å². The van der Waals surface area contributed by atoms with Gasteiger partial charge < -0.3 is 14.6 Å². The summed E-state index contributed by atoms with van der Waals surface area (Å²) in [6.07, 6.45) is 6.75. The highest BCUT2D eigenvalue weighted by molar-refractivity contribution is 5.92. The van der Waals surface area contributed by atoms with E-state index in [1.54, 1.807) is 18.3 Å². The van der Waals surface area contributed by atoms with Gasteiger partial charge in [-0.15, -0.1) is 0 Å². The molecule has 3 rings (SSSR count). The zero-order valence-electron chi connectivity index (χ0n) is 13.5. The van der Waals surface area contributed by atoms with E-state index in [0.717, 1.165) is 18.7 Å². The Labute approximate surface area is 140 Å². The van der Waals surface area contributed by atoms with Crippen LogP contribution >= 0.6 is 0 Å². The molecule has 0 aliphatic carbocycles. The Hall–Kier alpha value is -2.72. The lowest BCUT2D eigenvalue weighted by Gasteiger charge is -2.30. The number of hydrogen-bond donors (Lipinski definition) is 1. The maximum Gasteiger partial charge on any atom is 0.270 e. The van der Waals surface area contributed by atoms with E-state index >= 15 is 0 Å². The molecule has 2 aromatic rings. The minimum Gasteiger partial charge on any atom is -0.381 e. The summed E-state index contributed by atoms with van der Waals surface area (Å²) in [5.41, 5.74) is 0.719. The van der Waals surface area contributed by atoms with Crippen molar-refractivity contribution in [2.24, 2.45) is 13.0 Å². The van der Waals surface area contributed by atoms with Gasteiger partial charge in [-0.05, 0) is 30.9 Å². The van der Waals surface area contributed by atoms with Crippen molar-refractivity contribution >= 4 is 5.91 Å². The molecule has 2 aromatic heterocycles. The van der Waals surface area contributed by atoms with E-state index in [-0.39, 0.29) is 17.9 Å². The predicted octanol–water partition coefficient (Wildman–Crippen LogP) is 1.58. The predicted molar refractivity (Wildman–Crippen MR) is 85.9 cm³/mol. The van der Waals surface area contributed by atoms with Gasteiger partial charge in [-0.2, -0.15) is 5.26 Å². The van der Waals surface area contributed by atoms with Crippen LogP contribution in [-0.2, 0) is 11.8 Å². The second-order valence-electron chi connectivity index (χ2n) is 5.84. The van der Waals surface area contributed by atoms with Crippen molar-refractivity contribution in [3.8, 4) is 6.07 Å². The van der Waals surface area contributed by atoms with Crippen LogP contribution in [0, 0.1) is 17.2 Å². The first-order valence-electron chi connectivity index (χ1n) is 7.91. The van der Waals surface area contributed by atoms with Crippen molar-refractivity contribution in [3.63, 3.8) is 0 Å². The summed E-state index contributed by atoms with van der Waals surface area (Å²) in [6.45, 7) is 1.38. The maximum absolute atomic E-state index is 12.6. The van der Waals surface area contributed by atoms with Crippen molar-refractivity contribution in [2.45, 2.75) is 18.9 Å². The number of carbonyl (C=O) groups is 1. The number of ether oxygens (including phenoxy) is 1. The molecule has 7 heteroatoms. The van der Waals surface area contributed by atoms with Crippen molar-refractivity contribution in [1.29, 1.82) is 5.26 Å². The highest BCUT2D eigenvalue weighted by Crippen LogP contribution is 2.29. The third-order valence-electron chi connectivity index (χ3n) is 4.29. The van der Waals surface area contributed by atoms with Gasteiger partial charge in [0.1, 0.15) is 17.6 Å². The number of hydrogen-bond acceptors (Lipinski definition) is 5. The number of imidazole rings is 1. The topological polar surface area (TPSA) is 92.8 Å². The summed E-state index contributed by atoms with van der Waals surface area (Å²) in [5, 5.41) is 11.9. The van der Waals surface area contributed by atoms with Crippen LogP contribution in [0.1, 0.15) is 40.8 Å². The quantitative estimate of drug-likeness (QED) is 0.921. The SMILES string of the molecule is Cn1ccnc1[C@@H](NC(=O)c1ccc(C#N)cn1)C1CCOCC1. The van der Waals surface area contributed by atoms with Gasteiger partial charge in [0.25, 0.3) is 5.91 Å². The van der Waals surface area contributed by atoms with Crippen LogP contribution in [0.2, 0.25) is 0 Å². The van der Waals surface area contributed by atoms with Crippen LogP contribution in [0.15, 0.2) is 30.7 Å². The molecule has 1 saturated heterocycles. The summed E-state index contributed by atoms with van der Waals surface area (Å²) in [4.78, 5) is 21.1. The third kappa shape index (κ3) is 3.44. The fourth-order valence-corrected chi connectivity index (χ4v) is 2.93. The number of pyridine rings is 1. The molecule has 0 unspecified atom stereocenters. The standard InChI is InChI=1S/C17H19N5O2/c1-22-7-6-19-16(22)15(13-4-8-24-9-5-13)21-17(23)14-3-2-12(10-18)11-20-14/h2-3,6-7,11,13,15H,4-5,8-9H2,1H3,(H,21,23)/t15-/m0/s1. The summed E-state index contributed by atoms with van der Waals surface area (Å²) in [5.74, 6) is 0.824. The zero-order chi connectivity index (χ0) is 16.9. The smallest absolute Gasteiger partial charge is 0.270 e. The highest BCUT2D eigenvalue weighted by Gasteiger charge is 2.30. The Morgan fingerprint density at radius 1 is 1.42 bits per heavy atom. The fraction of sp³-hybridized carbons (Fsp3) is 0.412. The Morgan fingerprint density at radius 2 is 2.21 bits per heavy atom. The minimum absolute atomic E-state index is 0.196. The lowest BCUT2D eigenvalue weighted by Crippen LogP contribution is -2.37. The van der Waals surface area contributed by atoms with E-state index in [1.165, 1.54) is 6.20 Å². The number of aromatic nitrogens is 3. The van der Waals surface area contributed by atoms with Crippen LogP contribution in [0.4, 0.5) is 0 Å². The summed E-state index contributed by atoms with van der Waals surface area (Å²) >= 11 is 0. The van der Waals surface area contributed by atoms with E-state index in [0.29, 0.717) is 24.5 Å². The molecule has 0 saturated carbocycles. The van der Waals surface area contributed by atoms with E-state index in [4.69, 9.17) is 10.00 Å². The number of nitrogens with zero attached hydrogens (tertiary/aromatic N) is 4. The van der Waals surface area contributed by atoms with Gasteiger partial charge in [0.2, 0.25) is 0 Å². The summed E-state index contributed by atoms with van der Waals surface area (Å²) in [7, 11) is 1.92. The van der Waals surface area contributed by atoms with Crippen molar-refractivity contribution < 1.29 is 9.53 Å². The van der Waals surface area contributed by atoms with Crippen LogP contribution in [0.3, 0.4) is 0 Å². The molecule has 24 heavy (non-hydrogen) atoms. The Balaban J connectivity index is 1.81. The highest BCUT2D eigenvalue weighted by atomic mass is 16.5. The lowest BCUT2D eigenvalue weighted by molar-refractivity contribution is 0.0498. The van der Waals surface area contributed by atoms with E-state index in [1.807, 2.05) is 23.9 Å². The number of aryl methyl sites for hydroxylation is 1. The molecular formula is C17H19N5O2. The monoisotopic (exact) mass is 325 g/mol. The molecule has 1 amide bonds. The molecule has 0 aromatic carbocycles. The van der Waals surface area contributed by atoms with Crippen LogP contribution in [0.5, 0.6) is 0 Å². The first kappa shape index (κ1) is 16.1. The molecule has 1 N–H and O–H groups in total. The lowest BCUT2D eigenvalue weighted by atomic mass is 9.91.